The van der Waals surface area contributed by atoms with Gasteiger partial charge in [-0.15, -0.1) is 5.10 Å². The molecule has 3 rings (SSSR count). The molecular formula is C15H16N4O3S. The number of fused-ring (bicyclic) bond motifs is 1. The summed E-state index contributed by atoms with van der Waals surface area (Å²) < 4.78 is 12.2. The minimum Gasteiger partial charge on any atom is -0.497 e. The summed E-state index contributed by atoms with van der Waals surface area (Å²) in [6.45, 7) is 2.51. The van der Waals surface area contributed by atoms with Gasteiger partial charge in [-0.05, 0) is 31.2 Å². The normalized spacial score (nSPS) is 12.1. The van der Waals surface area contributed by atoms with Gasteiger partial charge >= 0.3 is 0 Å². The summed E-state index contributed by atoms with van der Waals surface area (Å²) in [7, 11) is 1.63. The van der Waals surface area contributed by atoms with E-state index in [1.807, 2.05) is 31.2 Å². The van der Waals surface area contributed by atoms with Crippen LogP contribution in [0.25, 0.3) is 4.96 Å². The molecule has 0 aliphatic carbocycles. The first-order chi connectivity index (χ1) is 11.2. The van der Waals surface area contributed by atoms with E-state index < -0.39 is 0 Å². The SMILES string of the molecule is COc1ccc(OC(C)CNc2nn3c(=O)ccnc3s2)cc1. The Morgan fingerprint density at radius 1 is 1.26 bits per heavy atom. The summed E-state index contributed by atoms with van der Waals surface area (Å²) in [6, 6.07) is 8.79. The highest BCUT2D eigenvalue weighted by atomic mass is 32.1. The van der Waals surface area contributed by atoms with Crippen molar-refractivity contribution < 1.29 is 9.47 Å². The van der Waals surface area contributed by atoms with E-state index in [1.165, 1.54) is 28.1 Å². The van der Waals surface area contributed by atoms with Crippen LogP contribution in [-0.2, 0) is 0 Å². The molecule has 120 valence electrons. The Bertz CT molecular complexity index is 844. The fourth-order valence-electron chi connectivity index (χ4n) is 1.97. The predicted molar refractivity (Wildman–Crippen MR) is 88.7 cm³/mol. The molecule has 0 aliphatic rings. The number of aromatic nitrogens is 3. The van der Waals surface area contributed by atoms with Gasteiger partial charge < -0.3 is 14.8 Å². The molecule has 1 unspecified atom stereocenters. The van der Waals surface area contributed by atoms with Gasteiger partial charge in [0.1, 0.15) is 17.6 Å². The van der Waals surface area contributed by atoms with E-state index in [0.717, 1.165) is 11.5 Å². The average molecular weight is 332 g/mol. The van der Waals surface area contributed by atoms with Gasteiger partial charge in [-0.2, -0.15) is 4.52 Å². The minimum absolute atomic E-state index is 0.0694. The van der Waals surface area contributed by atoms with Crippen molar-refractivity contribution in [3.8, 4) is 11.5 Å². The number of methoxy groups -OCH3 is 1. The van der Waals surface area contributed by atoms with Crippen LogP contribution in [0.4, 0.5) is 5.13 Å². The minimum atomic E-state index is -0.193. The Morgan fingerprint density at radius 2 is 2.00 bits per heavy atom. The van der Waals surface area contributed by atoms with E-state index in [0.29, 0.717) is 16.6 Å². The molecule has 1 aromatic carbocycles. The Hall–Kier alpha value is -2.61. The Labute approximate surface area is 136 Å². The number of ether oxygens (including phenoxy) is 2. The molecule has 0 spiro atoms. The van der Waals surface area contributed by atoms with Crippen molar-refractivity contribution in [1.29, 1.82) is 0 Å². The maximum atomic E-state index is 11.6. The van der Waals surface area contributed by atoms with Gasteiger partial charge in [0.25, 0.3) is 5.56 Å². The van der Waals surface area contributed by atoms with E-state index in [1.54, 1.807) is 7.11 Å². The van der Waals surface area contributed by atoms with Gasteiger partial charge in [0, 0.05) is 12.3 Å². The molecule has 0 saturated heterocycles. The number of hydrogen-bond acceptors (Lipinski definition) is 7. The lowest BCUT2D eigenvalue weighted by atomic mass is 10.3. The third kappa shape index (κ3) is 3.59. The second-order valence-electron chi connectivity index (χ2n) is 4.87. The van der Waals surface area contributed by atoms with Crippen molar-refractivity contribution in [2.75, 3.05) is 19.0 Å². The molecular weight excluding hydrogens is 316 g/mol. The van der Waals surface area contributed by atoms with Gasteiger partial charge in [-0.25, -0.2) is 4.98 Å². The zero-order valence-corrected chi connectivity index (χ0v) is 13.5. The highest BCUT2D eigenvalue weighted by Crippen LogP contribution is 2.19. The molecule has 2 aromatic heterocycles. The highest BCUT2D eigenvalue weighted by Gasteiger charge is 2.08. The second-order valence-corrected chi connectivity index (χ2v) is 5.83. The van der Waals surface area contributed by atoms with E-state index in [-0.39, 0.29) is 11.7 Å². The molecule has 0 amide bonds. The molecule has 23 heavy (non-hydrogen) atoms. The molecule has 2 heterocycles. The molecule has 0 fully saturated rings. The molecule has 1 N–H and O–H groups in total. The van der Waals surface area contributed by atoms with Gasteiger partial charge in [0.05, 0.1) is 13.7 Å². The predicted octanol–water partition coefficient (Wildman–Crippen LogP) is 2.04. The van der Waals surface area contributed by atoms with Crippen molar-refractivity contribution in [3.05, 3.63) is 46.9 Å². The lowest BCUT2D eigenvalue weighted by molar-refractivity contribution is 0.234. The molecule has 0 aliphatic heterocycles. The monoisotopic (exact) mass is 332 g/mol. The van der Waals surface area contributed by atoms with Crippen molar-refractivity contribution in [3.63, 3.8) is 0 Å². The van der Waals surface area contributed by atoms with Crippen LogP contribution in [0.15, 0.2) is 41.3 Å². The largest absolute Gasteiger partial charge is 0.497 e. The second kappa shape index (κ2) is 6.66. The summed E-state index contributed by atoms with van der Waals surface area (Å²) in [4.78, 5) is 16.3. The number of anilines is 1. The molecule has 3 aromatic rings. The van der Waals surface area contributed by atoms with E-state index >= 15 is 0 Å². The van der Waals surface area contributed by atoms with Gasteiger partial charge in [0.2, 0.25) is 10.1 Å². The molecule has 7 nitrogen and oxygen atoms in total. The van der Waals surface area contributed by atoms with Crippen molar-refractivity contribution in [2.24, 2.45) is 0 Å². The van der Waals surface area contributed by atoms with Crippen LogP contribution < -0.4 is 20.3 Å². The van der Waals surface area contributed by atoms with Crippen LogP contribution in [0.5, 0.6) is 11.5 Å². The summed E-state index contributed by atoms with van der Waals surface area (Å²) in [6.07, 6.45) is 1.41. The van der Waals surface area contributed by atoms with Crippen LogP contribution in [0.3, 0.4) is 0 Å². The summed E-state index contributed by atoms with van der Waals surface area (Å²) >= 11 is 1.32. The molecule has 1 atom stereocenters. The average Bonchev–Trinajstić information content (AvgIpc) is 2.98. The first-order valence-electron chi connectivity index (χ1n) is 7.05. The van der Waals surface area contributed by atoms with E-state index in [9.17, 15) is 4.79 Å². The first-order valence-corrected chi connectivity index (χ1v) is 7.87. The number of rotatable bonds is 6. The maximum Gasteiger partial charge on any atom is 0.275 e. The summed E-state index contributed by atoms with van der Waals surface area (Å²) in [5, 5.41) is 7.98. The van der Waals surface area contributed by atoms with Crippen LogP contribution in [0.2, 0.25) is 0 Å². The zero-order valence-electron chi connectivity index (χ0n) is 12.7. The third-order valence-corrected chi connectivity index (χ3v) is 3.99. The summed E-state index contributed by atoms with van der Waals surface area (Å²) in [5.41, 5.74) is -0.193. The Morgan fingerprint density at radius 3 is 2.70 bits per heavy atom. The van der Waals surface area contributed by atoms with Crippen LogP contribution in [0.1, 0.15) is 6.92 Å². The number of hydrogen-bond donors (Lipinski definition) is 1. The van der Waals surface area contributed by atoms with E-state index in [2.05, 4.69) is 15.4 Å². The molecule has 0 saturated carbocycles. The zero-order chi connectivity index (χ0) is 16.2. The molecule has 8 heteroatoms. The fourth-order valence-corrected chi connectivity index (χ4v) is 2.76. The Kier molecular flexibility index (Phi) is 4.42. The highest BCUT2D eigenvalue weighted by molar-refractivity contribution is 7.20. The van der Waals surface area contributed by atoms with Crippen LogP contribution in [-0.4, -0.2) is 34.4 Å². The maximum absolute atomic E-state index is 11.6. The number of benzene rings is 1. The lowest BCUT2D eigenvalue weighted by Gasteiger charge is -2.15. The molecule has 0 bridgehead atoms. The van der Waals surface area contributed by atoms with Gasteiger partial charge in [0.15, 0.2) is 0 Å². The van der Waals surface area contributed by atoms with Gasteiger partial charge in [-0.3, -0.25) is 4.79 Å². The van der Waals surface area contributed by atoms with E-state index in [4.69, 9.17) is 9.47 Å². The lowest BCUT2D eigenvalue weighted by Crippen LogP contribution is -2.22. The standard InChI is InChI=1S/C15H16N4O3S/c1-10(22-12-5-3-11(21-2)4-6-12)9-17-14-18-19-13(20)7-8-16-15(19)23-14/h3-8,10H,9H2,1-2H3,(H,17,18). The number of nitrogens with zero attached hydrogens (tertiary/aromatic N) is 3. The van der Waals surface area contributed by atoms with Crippen LogP contribution in [0, 0.1) is 0 Å². The topological polar surface area (TPSA) is 77.8 Å². The fraction of sp³-hybridized carbons (Fsp3) is 0.267. The van der Waals surface area contributed by atoms with Crippen molar-refractivity contribution >= 4 is 21.4 Å². The van der Waals surface area contributed by atoms with Crippen LogP contribution >= 0.6 is 11.3 Å². The van der Waals surface area contributed by atoms with Gasteiger partial charge in [-0.1, -0.05) is 11.3 Å². The summed E-state index contributed by atoms with van der Waals surface area (Å²) in [5.74, 6) is 1.55. The first kappa shape index (κ1) is 15.3. The quantitative estimate of drug-likeness (QED) is 0.744. The Balaban J connectivity index is 1.60. The third-order valence-electron chi connectivity index (χ3n) is 3.11. The van der Waals surface area contributed by atoms with Crippen molar-refractivity contribution in [1.82, 2.24) is 14.6 Å². The smallest absolute Gasteiger partial charge is 0.275 e. The van der Waals surface area contributed by atoms with Crippen molar-refractivity contribution in [2.45, 2.75) is 13.0 Å². The molecule has 0 radical (unpaired) electrons. The number of nitrogens with one attached hydrogen (secondary N) is 1.